The first-order valence-corrected chi connectivity index (χ1v) is 13.4. The van der Waals surface area contributed by atoms with Crippen LogP contribution < -0.4 is 15.8 Å². The fourth-order valence-electron chi connectivity index (χ4n) is 5.68. The fourth-order valence-corrected chi connectivity index (χ4v) is 5.68. The molecule has 5 rings (SSSR count). The number of likely N-dealkylation sites (tertiary alicyclic amines) is 1. The Hall–Kier alpha value is -3.19. The largest absolute Gasteiger partial charge is 0.354 e. The SMILES string of the molecule is CCN1CCCC1CNC(=O)C1CCN(c2nc3ccccc3n(Cc3ccc(C)cc3)c2=O)CC1. The summed E-state index contributed by atoms with van der Waals surface area (Å²) in [5, 5.41) is 3.21. The molecule has 3 aromatic rings. The van der Waals surface area contributed by atoms with Crippen molar-refractivity contribution in [1.82, 2.24) is 19.8 Å². The number of carbonyl (C=O) groups is 1. The van der Waals surface area contributed by atoms with Crippen LogP contribution in [0.5, 0.6) is 0 Å². The minimum absolute atomic E-state index is 0.00651. The van der Waals surface area contributed by atoms with Gasteiger partial charge in [-0.3, -0.25) is 19.1 Å². The van der Waals surface area contributed by atoms with E-state index in [1.54, 1.807) is 0 Å². The van der Waals surface area contributed by atoms with E-state index >= 15 is 0 Å². The Kier molecular flexibility index (Phi) is 7.37. The van der Waals surface area contributed by atoms with E-state index in [0.717, 1.165) is 55.5 Å². The molecule has 0 saturated carbocycles. The molecule has 3 heterocycles. The molecule has 1 N–H and O–H groups in total. The molecule has 2 fully saturated rings. The highest BCUT2D eigenvalue weighted by molar-refractivity contribution is 5.79. The summed E-state index contributed by atoms with van der Waals surface area (Å²) < 4.78 is 1.84. The third-order valence-electron chi connectivity index (χ3n) is 7.88. The van der Waals surface area contributed by atoms with Crippen molar-refractivity contribution in [2.45, 2.75) is 52.1 Å². The van der Waals surface area contributed by atoms with Gasteiger partial charge in [0.05, 0.1) is 17.6 Å². The summed E-state index contributed by atoms with van der Waals surface area (Å²) in [6.45, 7) is 8.99. The van der Waals surface area contributed by atoms with Gasteiger partial charge in [0.1, 0.15) is 0 Å². The molecule has 190 valence electrons. The summed E-state index contributed by atoms with van der Waals surface area (Å²) >= 11 is 0. The summed E-state index contributed by atoms with van der Waals surface area (Å²) in [5.74, 6) is 0.637. The van der Waals surface area contributed by atoms with Crippen molar-refractivity contribution >= 4 is 22.8 Å². The van der Waals surface area contributed by atoms with E-state index in [1.807, 2.05) is 28.8 Å². The van der Waals surface area contributed by atoms with Crippen LogP contribution in [-0.2, 0) is 11.3 Å². The van der Waals surface area contributed by atoms with Crippen molar-refractivity contribution in [3.8, 4) is 0 Å². The van der Waals surface area contributed by atoms with E-state index in [2.05, 4.69) is 53.2 Å². The van der Waals surface area contributed by atoms with Gasteiger partial charge in [0.2, 0.25) is 5.91 Å². The lowest BCUT2D eigenvalue weighted by Crippen LogP contribution is -2.46. The number of aromatic nitrogens is 2. The van der Waals surface area contributed by atoms with E-state index in [4.69, 9.17) is 4.98 Å². The van der Waals surface area contributed by atoms with Gasteiger partial charge in [0, 0.05) is 31.6 Å². The molecule has 7 heteroatoms. The molecule has 0 radical (unpaired) electrons. The first-order valence-electron chi connectivity index (χ1n) is 13.4. The number of benzene rings is 2. The van der Waals surface area contributed by atoms with Gasteiger partial charge in [0.25, 0.3) is 5.56 Å². The first-order chi connectivity index (χ1) is 17.5. The third-order valence-corrected chi connectivity index (χ3v) is 7.88. The van der Waals surface area contributed by atoms with E-state index in [1.165, 1.54) is 12.0 Å². The van der Waals surface area contributed by atoms with E-state index in [9.17, 15) is 9.59 Å². The number of amides is 1. The van der Waals surface area contributed by atoms with Crippen LogP contribution in [0.4, 0.5) is 5.82 Å². The molecule has 1 aromatic heterocycles. The quantitative estimate of drug-likeness (QED) is 0.552. The Morgan fingerprint density at radius 2 is 1.78 bits per heavy atom. The van der Waals surface area contributed by atoms with Gasteiger partial charge in [-0.05, 0) is 63.4 Å². The summed E-state index contributed by atoms with van der Waals surface area (Å²) in [7, 11) is 0. The topological polar surface area (TPSA) is 70.5 Å². The second kappa shape index (κ2) is 10.8. The Morgan fingerprint density at radius 3 is 2.53 bits per heavy atom. The normalized spacial score (nSPS) is 19.2. The van der Waals surface area contributed by atoms with Crippen LogP contribution in [0.1, 0.15) is 43.7 Å². The van der Waals surface area contributed by atoms with Crippen molar-refractivity contribution in [3.63, 3.8) is 0 Å². The van der Waals surface area contributed by atoms with Gasteiger partial charge < -0.3 is 10.2 Å². The van der Waals surface area contributed by atoms with Gasteiger partial charge in [-0.15, -0.1) is 0 Å². The number of piperidine rings is 1. The average Bonchev–Trinajstić information content (AvgIpc) is 3.37. The second-order valence-electron chi connectivity index (χ2n) is 10.2. The number of likely N-dealkylation sites (N-methyl/N-ethyl adjacent to an activating group) is 1. The lowest BCUT2D eigenvalue weighted by Gasteiger charge is -2.32. The zero-order chi connectivity index (χ0) is 25.1. The molecule has 0 bridgehead atoms. The zero-order valence-corrected chi connectivity index (χ0v) is 21.4. The standard InChI is InChI=1S/C29H37N5O2/c1-3-32-16-6-7-24(32)19-30-28(35)23-14-17-33(18-15-23)27-29(36)34(20-22-12-10-21(2)11-13-22)26-9-5-4-8-25(26)31-27/h4-5,8-13,23-24H,3,6-7,14-20H2,1-2H3,(H,30,35). The molecule has 2 aromatic carbocycles. The van der Waals surface area contributed by atoms with Crippen LogP contribution in [-0.4, -0.2) is 59.1 Å². The molecule has 2 aliphatic rings. The highest BCUT2D eigenvalue weighted by Crippen LogP contribution is 2.23. The molecular weight excluding hydrogens is 450 g/mol. The van der Waals surface area contributed by atoms with Gasteiger partial charge in [0.15, 0.2) is 5.82 Å². The highest BCUT2D eigenvalue weighted by atomic mass is 16.2. The minimum Gasteiger partial charge on any atom is -0.354 e. The Bertz CT molecular complexity index is 1260. The Balaban J connectivity index is 1.29. The maximum Gasteiger partial charge on any atom is 0.294 e. The smallest absolute Gasteiger partial charge is 0.294 e. The van der Waals surface area contributed by atoms with Crippen molar-refractivity contribution in [2.75, 3.05) is 37.6 Å². The molecule has 2 saturated heterocycles. The number of hydrogen-bond donors (Lipinski definition) is 1. The number of para-hydroxylation sites is 2. The maximum absolute atomic E-state index is 13.7. The van der Waals surface area contributed by atoms with Crippen molar-refractivity contribution in [2.24, 2.45) is 5.92 Å². The number of rotatable bonds is 7. The van der Waals surface area contributed by atoms with Crippen LogP contribution in [0, 0.1) is 12.8 Å². The van der Waals surface area contributed by atoms with Crippen molar-refractivity contribution in [1.29, 1.82) is 0 Å². The van der Waals surface area contributed by atoms with Crippen LogP contribution in [0.15, 0.2) is 53.3 Å². The minimum atomic E-state index is -0.0712. The number of anilines is 1. The number of hydrogen-bond acceptors (Lipinski definition) is 5. The summed E-state index contributed by atoms with van der Waals surface area (Å²) in [6, 6.07) is 16.6. The van der Waals surface area contributed by atoms with Crippen LogP contribution in [0.2, 0.25) is 0 Å². The predicted molar refractivity (Wildman–Crippen MR) is 144 cm³/mol. The van der Waals surface area contributed by atoms with Gasteiger partial charge in [-0.1, -0.05) is 48.9 Å². The Morgan fingerprint density at radius 1 is 1.03 bits per heavy atom. The van der Waals surface area contributed by atoms with Crippen molar-refractivity contribution < 1.29 is 4.79 Å². The lowest BCUT2D eigenvalue weighted by atomic mass is 9.95. The second-order valence-corrected chi connectivity index (χ2v) is 10.2. The molecule has 0 spiro atoms. The van der Waals surface area contributed by atoms with Gasteiger partial charge in [-0.2, -0.15) is 0 Å². The molecule has 0 aliphatic carbocycles. The molecule has 36 heavy (non-hydrogen) atoms. The monoisotopic (exact) mass is 487 g/mol. The van der Waals surface area contributed by atoms with E-state index in [0.29, 0.717) is 31.5 Å². The summed E-state index contributed by atoms with van der Waals surface area (Å²) in [6.07, 6.45) is 3.85. The first kappa shape index (κ1) is 24.5. The van der Waals surface area contributed by atoms with E-state index in [-0.39, 0.29) is 17.4 Å². The highest BCUT2D eigenvalue weighted by Gasteiger charge is 2.29. The molecule has 1 amide bonds. The molecule has 7 nitrogen and oxygen atoms in total. The molecular formula is C29H37N5O2. The molecule has 2 aliphatic heterocycles. The predicted octanol–water partition coefficient (Wildman–Crippen LogP) is 3.57. The number of carbonyl (C=O) groups excluding carboxylic acids is 1. The van der Waals surface area contributed by atoms with Gasteiger partial charge >= 0.3 is 0 Å². The van der Waals surface area contributed by atoms with Gasteiger partial charge in [-0.25, -0.2) is 4.98 Å². The lowest BCUT2D eigenvalue weighted by molar-refractivity contribution is -0.125. The summed E-state index contributed by atoms with van der Waals surface area (Å²) in [4.78, 5) is 35.8. The molecule has 1 atom stereocenters. The van der Waals surface area contributed by atoms with Crippen LogP contribution in [0.3, 0.4) is 0 Å². The number of fused-ring (bicyclic) bond motifs is 1. The van der Waals surface area contributed by atoms with E-state index < -0.39 is 0 Å². The maximum atomic E-state index is 13.7. The third kappa shape index (κ3) is 5.16. The summed E-state index contributed by atoms with van der Waals surface area (Å²) in [5.41, 5.74) is 3.87. The Labute approximate surface area is 213 Å². The average molecular weight is 488 g/mol. The fraction of sp³-hybridized carbons (Fsp3) is 0.483. The number of aryl methyl sites for hydroxylation is 1. The number of nitrogens with one attached hydrogen (secondary N) is 1. The number of nitrogens with zero attached hydrogens (tertiary/aromatic N) is 4. The zero-order valence-electron chi connectivity index (χ0n) is 21.4. The molecule has 1 unspecified atom stereocenters. The van der Waals surface area contributed by atoms with Crippen molar-refractivity contribution in [3.05, 3.63) is 70.0 Å². The van der Waals surface area contributed by atoms with Crippen LogP contribution in [0.25, 0.3) is 11.0 Å². The van der Waals surface area contributed by atoms with Crippen LogP contribution >= 0.6 is 0 Å².